The van der Waals surface area contributed by atoms with Crippen LogP contribution in [0.25, 0.3) is 0 Å². The molecule has 0 saturated heterocycles. The summed E-state index contributed by atoms with van der Waals surface area (Å²) in [6.45, 7) is 2.82. The molecule has 2 N–H and O–H groups in total. The molecule has 1 aromatic carbocycles. The summed E-state index contributed by atoms with van der Waals surface area (Å²) in [6.07, 6.45) is 5.90. The van der Waals surface area contributed by atoms with Crippen LogP contribution >= 0.6 is 0 Å². The summed E-state index contributed by atoms with van der Waals surface area (Å²) in [5.41, 5.74) is 6.74. The third-order valence-corrected chi connectivity index (χ3v) is 3.89. The average molecular weight is 263 g/mol. The lowest BCUT2D eigenvalue weighted by Crippen LogP contribution is -2.37. The minimum Gasteiger partial charge on any atom is -0.393 e. The van der Waals surface area contributed by atoms with Crippen molar-refractivity contribution in [2.75, 3.05) is 17.2 Å². The number of nitrogen functional groups attached to an aromatic ring is 1. The molecule has 104 valence electrons. The van der Waals surface area contributed by atoms with Crippen LogP contribution < -0.4 is 10.6 Å². The maximum atomic E-state index is 11.2. The highest BCUT2D eigenvalue weighted by Gasteiger charge is 2.27. The Morgan fingerprint density at radius 2 is 2.05 bits per heavy atom. The number of nitrogens with two attached hydrogens (primary N) is 1. The van der Waals surface area contributed by atoms with Crippen LogP contribution in [0.5, 0.6) is 0 Å². The molecule has 0 bridgehead atoms. The Hall–Kier alpha value is -1.78. The molecule has 2 rings (SSSR count). The third-order valence-electron chi connectivity index (χ3n) is 3.89. The Bertz CT molecular complexity index is 456. The molecule has 0 atom stereocenters. The van der Waals surface area contributed by atoms with Crippen LogP contribution in [0.3, 0.4) is 0 Å². The molecule has 0 radical (unpaired) electrons. The zero-order valence-corrected chi connectivity index (χ0v) is 11.3. The van der Waals surface area contributed by atoms with E-state index >= 15 is 0 Å². The fourth-order valence-corrected chi connectivity index (χ4v) is 3.00. The van der Waals surface area contributed by atoms with Gasteiger partial charge in [0.2, 0.25) is 0 Å². The second-order valence-electron chi connectivity index (χ2n) is 5.05. The zero-order valence-electron chi connectivity index (χ0n) is 11.3. The van der Waals surface area contributed by atoms with Crippen LogP contribution in [-0.2, 0) is 0 Å². The van der Waals surface area contributed by atoms with E-state index < -0.39 is 0 Å². The predicted molar refractivity (Wildman–Crippen MR) is 77.4 cm³/mol. The first kappa shape index (κ1) is 13.6. The standard InChI is InChI=1S/C14H21N3O2/c1-2-16(11-7-4-3-5-8-11)13-10-6-9-12(15)14(13)17(18)19/h6,9-11H,2-5,7-8,15H2,1H3. The molecule has 0 amide bonds. The smallest absolute Gasteiger partial charge is 0.315 e. The van der Waals surface area contributed by atoms with Crippen LogP contribution in [0.2, 0.25) is 0 Å². The fourth-order valence-electron chi connectivity index (χ4n) is 3.00. The lowest BCUT2D eigenvalue weighted by molar-refractivity contribution is -0.383. The first-order chi connectivity index (χ1) is 9.15. The molecule has 5 heteroatoms. The minimum absolute atomic E-state index is 0.0509. The molecule has 1 aliphatic carbocycles. The zero-order chi connectivity index (χ0) is 13.8. The van der Waals surface area contributed by atoms with Gasteiger partial charge in [-0.05, 0) is 31.9 Å². The maximum absolute atomic E-state index is 11.2. The van der Waals surface area contributed by atoms with Crippen LogP contribution in [0.1, 0.15) is 39.0 Å². The lowest BCUT2D eigenvalue weighted by Gasteiger charge is -2.35. The van der Waals surface area contributed by atoms with E-state index in [1.807, 2.05) is 13.0 Å². The maximum Gasteiger partial charge on any atom is 0.315 e. The number of nitro benzene ring substituents is 1. The molecule has 19 heavy (non-hydrogen) atoms. The average Bonchev–Trinajstić information content (AvgIpc) is 2.40. The van der Waals surface area contributed by atoms with Gasteiger partial charge in [0.15, 0.2) is 0 Å². The van der Waals surface area contributed by atoms with Gasteiger partial charge in [0.1, 0.15) is 11.4 Å². The van der Waals surface area contributed by atoms with Gasteiger partial charge in [0, 0.05) is 12.6 Å². The van der Waals surface area contributed by atoms with Crippen molar-refractivity contribution in [3.8, 4) is 0 Å². The van der Waals surface area contributed by atoms with Crippen molar-refractivity contribution < 1.29 is 4.92 Å². The van der Waals surface area contributed by atoms with Crippen molar-refractivity contribution in [3.63, 3.8) is 0 Å². The van der Waals surface area contributed by atoms with Crippen molar-refractivity contribution in [1.82, 2.24) is 0 Å². The summed E-state index contributed by atoms with van der Waals surface area (Å²) in [5, 5.41) is 11.2. The Labute approximate surface area is 113 Å². The van der Waals surface area contributed by atoms with E-state index in [4.69, 9.17) is 5.73 Å². The van der Waals surface area contributed by atoms with Gasteiger partial charge in [-0.15, -0.1) is 0 Å². The second kappa shape index (κ2) is 5.91. The van der Waals surface area contributed by atoms with E-state index in [2.05, 4.69) is 4.90 Å². The third kappa shape index (κ3) is 2.80. The normalized spacial score (nSPS) is 16.3. The number of anilines is 2. The molecular weight excluding hydrogens is 242 g/mol. The quantitative estimate of drug-likeness (QED) is 0.513. The van der Waals surface area contributed by atoms with Gasteiger partial charge in [0.25, 0.3) is 0 Å². The molecule has 0 heterocycles. The van der Waals surface area contributed by atoms with Crippen molar-refractivity contribution in [3.05, 3.63) is 28.3 Å². The first-order valence-electron chi connectivity index (χ1n) is 6.94. The van der Waals surface area contributed by atoms with Gasteiger partial charge >= 0.3 is 5.69 Å². The topological polar surface area (TPSA) is 72.4 Å². The van der Waals surface area contributed by atoms with E-state index in [1.54, 1.807) is 12.1 Å². The highest BCUT2D eigenvalue weighted by molar-refractivity contribution is 5.75. The van der Waals surface area contributed by atoms with Crippen molar-refractivity contribution in [2.45, 2.75) is 45.1 Å². The number of nitrogens with zero attached hydrogens (tertiary/aromatic N) is 2. The highest BCUT2D eigenvalue weighted by Crippen LogP contribution is 2.36. The Morgan fingerprint density at radius 3 is 2.63 bits per heavy atom. The van der Waals surface area contributed by atoms with E-state index in [-0.39, 0.29) is 16.3 Å². The molecular formula is C14H21N3O2. The molecule has 0 aromatic heterocycles. The van der Waals surface area contributed by atoms with Crippen LogP contribution in [0.15, 0.2) is 18.2 Å². The number of para-hydroxylation sites is 1. The molecule has 0 spiro atoms. The Balaban J connectivity index is 2.37. The van der Waals surface area contributed by atoms with Crippen LogP contribution in [0.4, 0.5) is 17.1 Å². The van der Waals surface area contributed by atoms with Crippen LogP contribution in [0, 0.1) is 10.1 Å². The molecule has 1 aliphatic rings. The minimum atomic E-state index is -0.365. The van der Waals surface area contributed by atoms with Crippen molar-refractivity contribution in [1.29, 1.82) is 0 Å². The number of hydrogen-bond acceptors (Lipinski definition) is 4. The fraction of sp³-hybridized carbons (Fsp3) is 0.571. The van der Waals surface area contributed by atoms with E-state index in [9.17, 15) is 10.1 Å². The van der Waals surface area contributed by atoms with Gasteiger partial charge < -0.3 is 10.6 Å². The molecule has 1 saturated carbocycles. The number of rotatable bonds is 4. The van der Waals surface area contributed by atoms with Gasteiger partial charge in [0.05, 0.1) is 4.92 Å². The summed E-state index contributed by atoms with van der Waals surface area (Å²) in [7, 11) is 0. The van der Waals surface area contributed by atoms with E-state index in [1.165, 1.54) is 19.3 Å². The number of hydrogen-bond donors (Lipinski definition) is 1. The van der Waals surface area contributed by atoms with Gasteiger partial charge in [-0.3, -0.25) is 10.1 Å². The van der Waals surface area contributed by atoms with E-state index in [0.717, 1.165) is 19.4 Å². The van der Waals surface area contributed by atoms with Crippen molar-refractivity contribution in [2.24, 2.45) is 0 Å². The number of benzene rings is 1. The largest absolute Gasteiger partial charge is 0.393 e. The summed E-state index contributed by atoms with van der Waals surface area (Å²) >= 11 is 0. The first-order valence-corrected chi connectivity index (χ1v) is 6.94. The van der Waals surface area contributed by atoms with Gasteiger partial charge in [-0.2, -0.15) is 0 Å². The second-order valence-corrected chi connectivity index (χ2v) is 5.05. The molecule has 0 unspecified atom stereocenters. The molecule has 1 fully saturated rings. The summed E-state index contributed by atoms with van der Waals surface area (Å²) in [4.78, 5) is 13.0. The SMILES string of the molecule is CCN(c1cccc(N)c1[N+](=O)[O-])C1CCCCC1. The Morgan fingerprint density at radius 1 is 1.37 bits per heavy atom. The molecule has 0 aliphatic heterocycles. The Kier molecular flexibility index (Phi) is 4.24. The van der Waals surface area contributed by atoms with Crippen LogP contribution in [-0.4, -0.2) is 17.5 Å². The van der Waals surface area contributed by atoms with Gasteiger partial charge in [-0.25, -0.2) is 0 Å². The summed E-state index contributed by atoms with van der Waals surface area (Å²) < 4.78 is 0. The van der Waals surface area contributed by atoms with Crippen molar-refractivity contribution >= 4 is 17.1 Å². The summed E-state index contributed by atoms with van der Waals surface area (Å²) in [6, 6.07) is 5.60. The molecule has 5 nitrogen and oxygen atoms in total. The molecule has 1 aromatic rings. The van der Waals surface area contributed by atoms with E-state index in [0.29, 0.717) is 11.7 Å². The summed E-state index contributed by atoms with van der Waals surface area (Å²) in [5.74, 6) is 0. The number of nitro groups is 1. The predicted octanol–water partition coefficient (Wildman–Crippen LogP) is 3.34. The van der Waals surface area contributed by atoms with Gasteiger partial charge in [-0.1, -0.05) is 25.3 Å². The highest BCUT2D eigenvalue weighted by atomic mass is 16.6. The lowest BCUT2D eigenvalue weighted by atomic mass is 9.93. The monoisotopic (exact) mass is 263 g/mol.